The van der Waals surface area contributed by atoms with Gasteiger partial charge in [0.1, 0.15) is 6.54 Å². The molecule has 0 saturated heterocycles. The first-order chi connectivity index (χ1) is 11.7. The highest BCUT2D eigenvalue weighted by Crippen LogP contribution is 2.20. The standard InChI is InChI=1S/C18H20N2O4S/c1-14(21)15-8-7-11-17(12-15)20(25(3,23)24)13-18(22)19(2)16-9-5-4-6-10-16/h4-12H,13H2,1-3H3. The Morgan fingerprint density at radius 2 is 1.56 bits per heavy atom. The molecule has 0 aliphatic rings. The Kier molecular flexibility index (Phi) is 5.58. The van der Waals surface area contributed by atoms with Crippen LogP contribution in [0.3, 0.4) is 0 Å². The number of Topliss-reactive ketones (excluding diaryl/α,β-unsaturated/α-hetero) is 1. The van der Waals surface area contributed by atoms with Crippen LogP contribution < -0.4 is 9.21 Å². The van der Waals surface area contributed by atoms with Crippen molar-refractivity contribution in [2.24, 2.45) is 0 Å². The Morgan fingerprint density at radius 1 is 0.960 bits per heavy atom. The maximum absolute atomic E-state index is 12.5. The molecule has 0 bridgehead atoms. The van der Waals surface area contributed by atoms with Crippen molar-refractivity contribution < 1.29 is 18.0 Å². The summed E-state index contributed by atoms with van der Waals surface area (Å²) in [6.07, 6.45) is 1.03. The molecule has 2 rings (SSSR count). The Hall–Kier alpha value is -2.67. The number of benzene rings is 2. The lowest BCUT2D eigenvalue weighted by Crippen LogP contribution is -2.41. The molecular formula is C18H20N2O4S. The summed E-state index contributed by atoms with van der Waals surface area (Å²) in [5.41, 5.74) is 1.33. The second-order valence-corrected chi connectivity index (χ2v) is 7.57. The fourth-order valence-electron chi connectivity index (χ4n) is 2.30. The van der Waals surface area contributed by atoms with Crippen molar-refractivity contribution >= 4 is 33.1 Å². The van der Waals surface area contributed by atoms with Crippen molar-refractivity contribution in [1.82, 2.24) is 0 Å². The molecule has 0 radical (unpaired) electrons. The zero-order chi connectivity index (χ0) is 18.6. The van der Waals surface area contributed by atoms with E-state index in [0.29, 0.717) is 11.3 Å². The van der Waals surface area contributed by atoms with Gasteiger partial charge < -0.3 is 4.90 Å². The molecule has 7 heteroatoms. The summed E-state index contributed by atoms with van der Waals surface area (Å²) in [5, 5.41) is 0. The van der Waals surface area contributed by atoms with Crippen LogP contribution in [0.5, 0.6) is 0 Å². The first-order valence-electron chi connectivity index (χ1n) is 7.60. The molecule has 0 aliphatic heterocycles. The molecule has 0 spiro atoms. The number of sulfonamides is 1. The third-order valence-corrected chi connectivity index (χ3v) is 4.88. The normalized spacial score (nSPS) is 11.0. The summed E-state index contributed by atoms with van der Waals surface area (Å²) in [4.78, 5) is 25.5. The van der Waals surface area contributed by atoms with E-state index >= 15 is 0 Å². The van der Waals surface area contributed by atoms with Crippen LogP contribution in [0, 0.1) is 0 Å². The summed E-state index contributed by atoms with van der Waals surface area (Å²) in [6, 6.07) is 15.2. The van der Waals surface area contributed by atoms with Gasteiger partial charge in [-0.3, -0.25) is 13.9 Å². The number of amides is 1. The van der Waals surface area contributed by atoms with Crippen LogP contribution in [-0.2, 0) is 14.8 Å². The summed E-state index contributed by atoms with van der Waals surface area (Å²) >= 11 is 0. The number of nitrogens with zero attached hydrogens (tertiary/aromatic N) is 2. The van der Waals surface area contributed by atoms with Gasteiger partial charge in [-0.25, -0.2) is 8.42 Å². The summed E-state index contributed by atoms with van der Waals surface area (Å²) < 4.78 is 25.4. The summed E-state index contributed by atoms with van der Waals surface area (Å²) in [5.74, 6) is -0.562. The molecule has 0 aliphatic carbocycles. The van der Waals surface area contributed by atoms with Crippen LogP contribution >= 0.6 is 0 Å². The van der Waals surface area contributed by atoms with E-state index in [1.54, 1.807) is 49.5 Å². The van der Waals surface area contributed by atoms with Crippen LogP contribution in [0.2, 0.25) is 0 Å². The van der Waals surface area contributed by atoms with Gasteiger partial charge in [0, 0.05) is 18.3 Å². The van der Waals surface area contributed by atoms with Gasteiger partial charge in [0.15, 0.2) is 5.78 Å². The average molecular weight is 360 g/mol. The fourth-order valence-corrected chi connectivity index (χ4v) is 3.15. The van der Waals surface area contributed by atoms with Gasteiger partial charge in [0.05, 0.1) is 11.9 Å². The predicted molar refractivity (Wildman–Crippen MR) is 98.5 cm³/mol. The molecule has 132 valence electrons. The number of ketones is 1. The minimum Gasteiger partial charge on any atom is -0.314 e. The van der Waals surface area contributed by atoms with E-state index in [1.807, 2.05) is 6.07 Å². The minimum absolute atomic E-state index is 0.178. The molecule has 6 nitrogen and oxygen atoms in total. The molecule has 0 heterocycles. The molecular weight excluding hydrogens is 340 g/mol. The van der Waals surface area contributed by atoms with Gasteiger partial charge in [-0.15, -0.1) is 0 Å². The number of likely N-dealkylation sites (N-methyl/N-ethyl adjacent to an activating group) is 1. The second-order valence-electron chi connectivity index (χ2n) is 5.66. The number of para-hydroxylation sites is 1. The molecule has 0 atom stereocenters. The van der Waals surface area contributed by atoms with Crippen LogP contribution in [0.1, 0.15) is 17.3 Å². The largest absolute Gasteiger partial charge is 0.314 e. The van der Waals surface area contributed by atoms with Crippen molar-refractivity contribution in [3.63, 3.8) is 0 Å². The van der Waals surface area contributed by atoms with Crippen molar-refractivity contribution in [3.8, 4) is 0 Å². The zero-order valence-corrected chi connectivity index (χ0v) is 15.2. The van der Waals surface area contributed by atoms with Crippen molar-refractivity contribution in [1.29, 1.82) is 0 Å². The second kappa shape index (κ2) is 7.48. The Labute approximate surface area is 147 Å². The number of carbonyl (C=O) groups is 2. The van der Waals surface area contributed by atoms with Gasteiger partial charge in [-0.1, -0.05) is 30.3 Å². The number of anilines is 2. The number of hydrogen-bond donors (Lipinski definition) is 0. The van der Waals surface area contributed by atoms with Gasteiger partial charge in [0.25, 0.3) is 0 Å². The van der Waals surface area contributed by atoms with E-state index < -0.39 is 10.0 Å². The van der Waals surface area contributed by atoms with E-state index in [-0.39, 0.29) is 23.9 Å². The van der Waals surface area contributed by atoms with E-state index in [2.05, 4.69) is 0 Å². The quantitative estimate of drug-likeness (QED) is 0.741. The highest BCUT2D eigenvalue weighted by atomic mass is 32.2. The molecule has 2 aromatic rings. The zero-order valence-electron chi connectivity index (χ0n) is 14.3. The molecule has 0 aromatic heterocycles. The van der Waals surface area contributed by atoms with E-state index in [9.17, 15) is 18.0 Å². The van der Waals surface area contributed by atoms with Gasteiger partial charge in [-0.2, -0.15) is 0 Å². The van der Waals surface area contributed by atoms with Crippen molar-refractivity contribution in [3.05, 3.63) is 60.2 Å². The smallest absolute Gasteiger partial charge is 0.247 e. The molecule has 2 aromatic carbocycles. The SMILES string of the molecule is CC(=O)c1cccc(N(CC(=O)N(C)c2ccccc2)S(C)(=O)=O)c1. The Bertz CT molecular complexity index is 879. The first kappa shape index (κ1) is 18.7. The molecule has 1 amide bonds. The third kappa shape index (κ3) is 4.67. The lowest BCUT2D eigenvalue weighted by atomic mass is 10.1. The molecule has 0 N–H and O–H groups in total. The highest BCUT2D eigenvalue weighted by molar-refractivity contribution is 7.92. The van der Waals surface area contributed by atoms with Gasteiger partial charge >= 0.3 is 0 Å². The van der Waals surface area contributed by atoms with Crippen LogP contribution in [0.25, 0.3) is 0 Å². The first-order valence-corrected chi connectivity index (χ1v) is 9.45. The van der Waals surface area contributed by atoms with Crippen LogP contribution in [0.4, 0.5) is 11.4 Å². The lowest BCUT2D eigenvalue weighted by molar-refractivity contribution is -0.116. The topological polar surface area (TPSA) is 74.8 Å². The van der Waals surface area contributed by atoms with Crippen molar-refractivity contribution in [2.45, 2.75) is 6.92 Å². The average Bonchev–Trinajstić information content (AvgIpc) is 2.58. The maximum Gasteiger partial charge on any atom is 0.247 e. The number of carbonyl (C=O) groups excluding carboxylic acids is 2. The monoisotopic (exact) mass is 360 g/mol. The Balaban J connectivity index is 2.32. The fraction of sp³-hybridized carbons (Fsp3) is 0.222. The molecule has 0 fully saturated rings. The van der Waals surface area contributed by atoms with Crippen LogP contribution in [0.15, 0.2) is 54.6 Å². The van der Waals surface area contributed by atoms with E-state index in [4.69, 9.17) is 0 Å². The molecule has 25 heavy (non-hydrogen) atoms. The van der Waals surface area contributed by atoms with Gasteiger partial charge in [0.2, 0.25) is 15.9 Å². The molecule has 0 saturated carbocycles. The number of rotatable bonds is 6. The van der Waals surface area contributed by atoms with E-state index in [1.165, 1.54) is 17.9 Å². The molecule has 0 unspecified atom stereocenters. The lowest BCUT2D eigenvalue weighted by Gasteiger charge is -2.25. The highest BCUT2D eigenvalue weighted by Gasteiger charge is 2.23. The summed E-state index contributed by atoms with van der Waals surface area (Å²) in [7, 11) is -2.11. The number of hydrogen-bond acceptors (Lipinski definition) is 4. The maximum atomic E-state index is 12.5. The van der Waals surface area contributed by atoms with Crippen LogP contribution in [-0.4, -0.2) is 40.0 Å². The van der Waals surface area contributed by atoms with E-state index in [0.717, 1.165) is 10.6 Å². The van der Waals surface area contributed by atoms with Gasteiger partial charge in [-0.05, 0) is 31.2 Å². The minimum atomic E-state index is -3.70. The third-order valence-electron chi connectivity index (χ3n) is 3.74. The van der Waals surface area contributed by atoms with Crippen molar-refractivity contribution in [2.75, 3.05) is 29.1 Å². The predicted octanol–water partition coefficient (Wildman–Crippen LogP) is 2.32. The Morgan fingerprint density at radius 3 is 2.12 bits per heavy atom. The summed E-state index contributed by atoms with van der Waals surface area (Å²) in [6.45, 7) is 1.05.